The molecule has 0 radical (unpaired) electrons. The first kappa shape index (κ1) is 22.3. The van der Waals surface area contributed by atoms with Crippen molar-refractivity contribution in [2.75, 3.05) is 45.9 Å². The van der Waals surface area contributed by atoms with Gasteiger partial charge in [0.25, 0.3) is 16.1 Å². The molecule has 0 spiro atoms. The van der Waals surface area contributed by atoms with Gasteiger partial charge in [-0.25, -0.2) is 0 Å². The number of hydrogen-bond donors (Lipinski definition) is 0. The van der Waals surface area contributed by atoms with Crippen LogP contribution >= 0.6 is 0 Å². The Kier molecular flexibility index (Phi) is 7.97. The molecule has 1 amide bonds. The molecule has 8 nitrogen and oxygen atoms in total. The Labute approximate surface area is 167 Å². The van der Waals surface area contributed by atoms with Gasteiger partial charge in [0.05, 0.1) is 0 Å². The number of ketones is 1. The first-order valence-corrected chi connectivity index (χ1v) is 11.0. The fourth-order valence-electron chi connectivity index (χ4n) is 3.06. The minimum atomic E-state index is -3.47. The van der Waals surface area contributed by atoms with Crippen LogP contribution in [0.4, 0.5) is 0 Å². The van der Waals surface area contributed by atoms with Crippen molar-refractivity contribution in [1.82, 2.24) is 13.5 Å². The van der Waals surface area contributed by atoms with E-state index >= 15 is 0 Å². The number of nitrogens with zero attached hydrogens (tertiary/aromatic N) is 3. The topological polar surface area (TPSA) is 87.2 Å². The molecule has 1 saturated heterocycles. The average molecular weight is 412 g/mol. The lowest BCUT2D eigenvalue weighted by molar-refractivity contribution is -0.134. The average Bonchev–Trinajstić information content (AvgIpc) is 2.72. The molecule has 1 aromatic rings. The van der Waals surface area contributed by atoms with E-state index < -0.39 is 10.2 Å². The van der Waals surface area contributed by atoms with Crippen LogP contribution in [0.1, 0.15) is 37.6 Å². The van der Waals surface area contributed by atoms with E-state index in [2.05, 4.69) is 0 Å². The third kappa shape index (κ3) is 5.30. The highest BCUT2D eigenvalue weighted by molar-refractivity contribution is 7.86. The van der Waals surface area contributed by atoms with Gasteiger partial charge in [0.1, 0.15) is 5.75 Å². The van der Waals surface area contributed by atoms with Crippen LogP contribution in [0.3, 0.4) is 0 Å². The number of rotatable bonds is 9. The zero-order chi connectivity index (χ0) is 20.7. The molecule has 0 aliphatic carbocycles. The molecular weight excluding hydrogens is 382 g/mol. The molecule has 0 bridgehead atoms. The van der Waals surface area contributed by atoms with Crippen LogP contribution in [0.25, 0.3) is 0 Å². The molecule has 0 atom stereocenters. The van der Waals surface area contributed by atoms with E-state index in [4.69, 9.17) is 4.74 Å². The lowest BCUT2D eigenvalue weighted by atomic mass is 10.1. The normalized spacial score (nSPS) is 15.6. The van der Waals surface area contributed by atoms with Gasteiger partial charge >= 0.3 is 0 Å². The highest BCUT2D eigenvalue weighted by atomic mass is 32.2. The highest BCUT2D eigenvalue weighted by Gasteiger charge is 2.32. The molecule has 0 N–H and O–H groups in total. The quantitative estimate of drug-likeness (QED) is 0.573. The summed E-state index contributed by atoms with van der Waals surface area (Å²) in [5, 5.41) is 0. The number of benzene rings is 1. The molecule has 1 heterocycles. The van der Waals surface area contributed by atoms with Crippen LogP contribution in [0.5, 0.6) is 5.75 Å². The van der Waals surface area contributed by atoms with Crippen LogP contribution in [0.15, 0.2) is 24.3 Å². The molecule has 156 valence electrons. The predicted molar refractivity (Wildman–Crippen MR) is 107 cm³/mol. The summed E-state index contributed by atoms with van der Waals surface area (Å²) in [5.41, 5.74) is 0.617. The summed E-state index contributed by atoms with van der Waals surface area (Å²) in [6.07, 6.45) is 0.439. The van der Waals surface area contributed by atoms with Crippen molar-refractivity contribution in [3.05, 3.63) is 29.8 Å². The molecule has 1 aromatic carbocycles. The Bertz CT molecular complexity index is 767. The standard InChI is InChI=1S/C19H29N3O5S/c1-4-18(23)16-7-9-17(10-8-16)27-15-19(24)20-11-13-22(14-12-20)28(25,26)21(5-2)6-3/h7-10H,4-6,11-15H2,1-3H3. The third-order valence-electron chi connectivity index (χ3n) is 4.81. The van der Waals surface area contributed by atoms with Crippen LogP contribution in [0.2, 0.25) is 0 Å². The monoisotopic (exact) mass is 411 g/mol. The molecule has 0 aromatic heterocycles. The lowest BCUT2D eigenvalue weighted by Crippen LogP contribution is -2.54. The van der Waals surface area contributed by atoms with Gasteiger partial charge < -0.3 is 9.64 Å². The molecule has 0 unspecified atom stereocenters. The number of ether oxygens (including phenoxy) is 1. The van der Waals surface area contributed by atoms with Gasteiger partial charge in [-0.15, -0.1) is 0 Å². The number of carbonyl (C=O) groups is 2. The molecule has 28 heavy (non-hydrogen) atoms. The minimum Gasteiger partial charge on any atom is -0.484 e. The van der Waals surface area contributed by atoms with E-state index in [0.29, 0.717) is 43.9 Å². The van der Waals surface area contributed by atoms with Crippen molar-refractivity contribution in [3.8, 4) is 5.75 Å². The Morgan fingerprint density at radius 2 is 1.57 bits per heavy atom. The number of piperazine rings is 1. The minimum absolute atomic E-state index is 0.0557. The number of carbonyl (C=O) groups excluding carboxylic acids is 2. The second-order valence-electron chi connectivity index (χ2n) is 6.46. The van der Waals surface area contributed by atoms with Crippen molar-refractivity contribution in [3.63, 3.8) is 0 Å². The van der Waals surface area contributed by atoms with Crippen LogP contribution in [-0.4, -0.2) is 79.5 Å². The molecule has 2 rings (SSSR count). The van der Waals surface area contributed by atoms with Crippen molar-refractivity contribution in [1.29, 1.82) is 0 Å². The fourth-order valence-corrected chi connectivity index (χ4v) is 4.66. The summed E-state index contributed by atoms with van der Waals surface area (Å²) in [4.78, 5) is 25.6. The Balaban J connectivity index is 1.84. The maximum absolute atomic E-state index is 12.5. The smallest absolute Gasteiger partial charge is 0.282 e. The number of hydrogen-bond acceptors (Lipinski definition) is 5. The summed E-state index contributed by atoms with van der Waals surface area (Å²) >= 11 is 0. The van der Waals surface area contributed by atoms with E-state index in [-0.39, 0.29) is 31.4 Å². The summed E-state index contributed by atoms with van der Waals surface area (Å²) in [6, 6.07) is 6.71. The number of amides is 1. The Morgan fingerprint density at radius 1 is 1.00 bits per heavy atom. The molecule has 1 fully saturated rings. The van der Waals surface area contributed by atoms with Gasteiger partial charge in [-0.05, 0) is 24.3 Å². The molecule has 0 saturated carbocycles. The zero-order valence-corrected chi connectivity index (χ0v) is 17.6. The summed E-state index contributed by atoms with van der Waals surface area (Å²) in [7, 11) is -3.47. The van der Waals surface area contributed by atoms with Gasteiger partial charge in [0, 0.05) is 51.3 Å². The first-order valence-electron chi connectivity index (χ1n) is 9.62. The SMILES string of the molecule is CCC(=O)c1ccc(OCC(=O)N2CCN(S(=O)(=O)N(CC)CC)CC2)cc1. The third-order valence-corrected chi connectivity index (χ3v) is 7.00. The van der Waals surface area contributed by atoms with Gasteiger partial charge in [-0.3, -0.25) is 9.59 Å². The van der Waals surface area contributed by atoms with Crippen LogP contribution in [-0.2, 0) is 15.0 Å². The van der Waals surface area contributed by atoms with E-state index in [1.807, 2.05) is 13.8 Å². The van der Waals surface area contributed by atoms with Crippen molar-refractivity contribution >= 4 is 21.9 Å². The molecule has 1 aliphatic heterocycles. The predicted octanol–water partition coefficient (Wildman–Crippen LogP) is 1.39. The Hall–Kier alpha value is -1.97. The molecular formula is C19H29N3O5S. The van der Waals surface area contributed by atoms with Crippen molar-refractivity contribution in [2.45, 2.75) is 27.2 Å². The van der Waals surface area contributed by atoms with E-state index in [0.717, 1.165) is 0 Å². The van der Waals surface area contributed by atoms with Gasteiger partial charge in [-0.2, -0.15) is 17.0 Å². The largest absolute Gasteiger partial charge is 0.484 e. The van der Waals surface area contributed by atoms with E-state index in [1.54, 1.807) is 36.1 Å². The van der Waals surface area contributed by atoms with Gasteiger partial charge in [-0.1, -0.05) is 20.8 Å². The summed E-state index contributed by atoms with van der Waals surface area (Å²) < 4.78 is 33.4. The van der Waals surface area contributed by atoms with Gasteiger partial charge in [0.2, 0.25) is 0 Å². The second kappa shape index (κ2) is 9.99. The van der Waals surface area contributed by atoms with Crippen molar-refractivity contribution in [2.24, 2.45) is 0 Å². The second-order valence-corrected chi connectivity index (χ2v) is 8.39. The highest BCUT2D eigenvalue weighted by Crippen LogP contribution is 2.15. The first-order chi connectivity index (χ1) is 13.3. The van der Waals surface area contributed by atoms with Crippen LogP contribution < -0.4 is 4.74 Å². The molecule has 1 aliphatic rings. The maximum atomic E-state index is 12.5. The van der Waals surface area contributed by atoms with Crippen molar-refractivity contribution < 1.29 is 22.7 Å². The fraction of sp³-hybridized carbons (Fsp3) is 0.579. The molecule has 9 heteroatoms. The van der Waals surface area contributed by atoms with Crippen LogP contribution in [0, 0.1) is 0 Å². The maximum Gasteiger partial charge on any atom is 0.282 e. The lowest BCUT2D eigenvalue weighted by Gasteiger charge is -2.36. The Morgan fingerprint density at radius 3 is 2.07 bits per heavy atom. The van der Waals surface area contributed by atoms with E-state index in [1.165, 1.54) is 8.61 Å². The summed E-state index contributed by atoms with van der Waals surface area (Å²) in [6.45, 7) is 7.38. The summed E-state index contributed by atoms with van der Waals surface area (Å²) in [5.74, 6) is 0.387. The number of Topliss-reactive ketones (excluding diaryl/α,β-unsaturated/α-hetero) is 1. The van der Waals surface area contributed by atoms with Gasteiger partial charge in [0.15, 0.2) is 12.4 Å². The van der Waals surface area contributed by atoms with E-state index in [9.17, 15) is 18.0 Å². The zero-order valence-electron chi connectivity index (χ0n) is 16.8.